The molecule has 0 radical (unpaired) electrons. The largest absolute Gasteiger partial charge is 0.444 e. The van der Waals surface area contributed by atoms with Crippen molar-refractivity contribution in [2.24, 2.45) is 0 Å². The van der Waals surface area contributed by atoms with Crippen molar-refractivity contribution in [2.45, 2.75) is 63.9 Å². The summed E-state index contributed by atoms with van der Waals surface area (Å²) in [7, 11) is 0. The van der Waals surface area contributed by atoms with Crippen LogP contribution in [0.1, 0.15) is 38.3 Å². The van der Waals surface area contributed by atoms with Crippen molar-refractivity contribution in [2.75, 3.05) is 11.4 Å². The number of hydrogen-bond donors (Lipinski definition) is 2. The lowest BCUT2D eigenvalue weighted by Crippen LogP contribution is -2.56. The average molecular weight is 506 g/mol. The second-order valence-electron chi connectivity index (χ2n) is 9.66. The van der Waals surface area contributed by atoms with Crippen molar-refractivity contribution in [1.29, 1.82) is 0 Å². The molecular weight excluding hydrogens is 475 g/mol. The number of fused-ring (bicyclic) bond motifs is 1. The summed E-state index contributed by atoms with van der Waals surface area (Å²) in [5.41, 5.74) is 0.690. The van der Waals surface area contributed by atoms with E-state index in [2.05, 4.69) is 10.6 Å². The number of nitrogens with one attached hydrogen (secondary N) is 2. The Morgan fingerprint density at radius 2 is 1.69 bits per heavy atom. The summed E-state index contributed by atoms with van der Waals surface area (Å²) in [6.07, 6.45) is -4.95. The number of aryl methyl sites for hydroxylation is 1. The van der Waals surface area contributed by atoms with Gasteiger partial charge in [-0.25, -0.2) is 4.79 Å². The van der Waals surface area contributed by atoms with Crippen molar-refractivity contribution < 1.29 is 32.3 Å². The van der Waals surface area contributed by atoms with E-state index in [9.17, 15) is 27.6 Å². The van der Waals surface area contributed by atoms with Crippen LogP contribution in [-0.4, -0.2) is 48.3 Å². The summed E-state index contributed by atoms with van der Waals surface area (Å²) in [5.74, 6) is -1.55. The summed E-state index contributed by atoms with van der Waals surface area (Å²) in [6, 6.07) is 13.0. The monoisotopic (exact) mass is 505 g/mol. The molecule has 7 nitrogen and oxygen atoms in total. The predicted molar refractivity (Wildman–Crippen MR) is 128 cm³/mol. The maximum atomic E-state index is 13.3. The highest BCUT2D eigenvalue weighted by atomic mass is 19.4. The number of rotatable bonds is 6. The fourth-order valence-electron chi connectivity index (χ4n) is 3.97. The second kappa shape index (κ2) is 11.0. The molecule has 36 heavy (non-hydrogen) atoms. The SMILES string of the molecule is CC(C)(C)OC(=O)NC(Cc1ccccc1)C(=O)NC1CCc2ccccc2N(CC(F)(F)F)C1=O. The predicted octanol–water partition coefficient (Wildman–Crippen LogP) is 4.15. The van der Waals surface area contributed by atoms with Crippen molar-refractivity contribution in [3.63, 3.8) is 0 Å². The molecule has 194 valence electrons. The maximum absolute atomic E-state index is 13.3. The Hall–Kier alpha value is -3.56. The number of para-hydroxylation sites is 1. The van der Waals surface area contributed by atoms with E-state index in [0.717, 1.165) is 5.56 Å². The van der Waals surface area contributed by atoms with Gasteiger partial charge < -0.3 is 20.3 Å². The zero-order valence-corrected chi connectivity index (χ0v) is 20.4. The number of alkyl halides is 3. The van der Waals surface area contributed by atoms with Crippen LogP contribution in [0.15, 0.2) is 54.6 Å². The van der Waals surface area contributed by atoms with Crippen molar-refractivity contribution in [3.05, 3.63) is 65.7 Å². The van der Waals surface area contributed by atoms with Crippen LogP contribution in [0, 0.1) is 0 Å². The van der Waals surface area contributed by atoms with Crippen LogP contribution >= 0.6 is 0 Å². The van der Waals surface area contributed by atoms with Gasteiger partial charge in [-0.1, -0.05) is 48.5 Å². The average Bonchev–Trinajstić information content (AvgIpc) is 2.89. The molecule has 1 aliphatic rings. The number of nitrogens with zero attached hydrogens (tertiary/aromatic N) is 1. The molecule has 2 aromatic carbocycles. The fourth-order valence-corrected chi connectivity index (χ4v) is 3.97. The first-order chi connectivity index (χ1) is 16.8. The molecule has 0 saturated heterocycles. The van der Waals surface area contributed by atoms with E-state index < -0.39 is 48.3 Å². The summed E-state index contributed by atoms with van der Waals surface area (Å²) >= 11 is 0. The van der Waals surface area contributed by atoms with Crippen LogP contribution in [-0.2, 0) is 27.2 Å². The highest BCUT2D eigenvalue weighted by Crippen LogP contribution is 2.30. The third-order valence-corrected chi connectivity index (χ3v) is 5.49. The molecule has 3 rings (SSSR count). The fraction of sp³-hybridized carbons (Fsp3) is 0.423. The van der Waals surface area contributed by atoms with Gasteiger partial charge in [0.2, 0.25) is 11.8 Å². The summed E-state index contributed by atoms with van der Waals surface area (Å²) in [6.45, 7) is 3.56. The first kappa shape index (κ1) is 27.0. The summed E-state index contributed by atoms with van der Waals surface area (Å²) < 4.78 is 45.3. The maximum Gasteiger partial charge on any atom is 0.408 e. The molecule has 3 amide bonds. The molecule has 0 saturated carbocycles. The topological polar surface area (TPSA) is 87.7 Å². The highest BCUT2D eigenvalue weighted by Gasteiger charge is 2.39. The van der Waals surface area contributed by atoms with E-state index in [-0.39, 0.29) is 18.5 Å². The number of ether oxygens (including phenoxy) is 1. The number of alkyl carbamates (subject to hydrolysis) is 1. The zero-order chi connectivity index (χ0) is 26.5. The van der Waals surface area contributed by atoms with Crippen LogP contribution in [0.2, 0.25) is 0 Å². The molecular formula is C26H30F3N3O4. The molecule has 1 heterocycles. The van der Waals surface area contributed by atoms with Gasteiger partial charge in [-0.3, -0.25) is 9.59 Å². The number of carbonyl (C=O) groups excluding carboxylic acids is 3. The normalized spacial score (nSPS) is 17.0. The van der Waals surface area contributed by atoms with Crippen LogP contribution < -0.4 is 15.5 Å². The number of carbonyl (C=O) groups is 3. The van der Waals surface area contributed by atoms with E-state index >= 15 is 0 Å². The minimum Gasteiger partial charge on any atom is -0.444 e. The van der Waals surface area contributed by atoms with E-state index in [1.165, 1.54) is 6.07 Å². The van der Waals surface area contributed by atoms with Gasteiger partial charge in [-0.2, -0.15) is 13.2 Å². The van der Waals surface area contributed by atoms with E-state index in [1.54, 1.807) is 69.3 Å². The molecule has 2 aromatic rings. The van der Waals surface area contributed by atoms with Crippen molar-refractivity contribution in [1.82, 2.24) is 10.6 Å². The number of anilines is 1. The van der Waals surface area contributed by atoms with Gasteiger partial charge in [0, 0.05) is 12.1 Å². The Morgan fingerprint density at radius 3 is 2.33 bits per heavy atom. The number of halogens is 3. The first-order valence-electron chi connectivity index (χ1n) is 11.6. The second-order valence-corrected chi connectivity index (χ2v) is 9.66. The smallest absolute Gasteiger partial charge is 0.408 e. The first-order valence-corrected chi connectivity index (χ1v) is 11.6. The Labute approximate surface area is 208 Å². The van der Waals surface area contributed by atoms with Gasteiger partial charge >= 0.3 is 12.3 Å². The molecule has 0 fully saturated rings. The molecule has 1 aliphatic heterocycles. The van der Waals surface area contributed by atoms with E-state index in [4.69, 9.17) is 4.74 Å². The lowest BCUT2D eigenvalue weighted by molar-refractivity contribution is -0.135. The van der Waals surface area contributed by atoms with E-state index in [0.29, 0.717) is 16.9 Å². The third kappa shape index (κ3) is 7.73. The number of amides is 3. The molecule has 0 spiro atoms. The number of benzene rings is 2. The van der Waals surface area contributed by atoms with E-state index in [1.807, 2.05) is 0 Å². The molecule has 2 unspecified atom stereocenters. The van der Waals surface area contributed by atoms with Gasteiger partial charge in [0.15, 0.2) is 0 Å². The molecule has 0 aliphatic carbocycles. The van der Waals surface area contributed by atoms with Crippen molar-refractivity contribution in [3.8, 4) is 0 Å². The lowest BCUT2D eigenvalue weighted by atomic mass is 10.0. The van der Waals surface area contributed by atoms with Gasteiger partial charge in [-0.15, -0.1) is 0 Å². The number of hydrogen-bond acceptors (Lipinski definition) is 4. The van der Waals surface area contributed by atoms with Crippen LogP contribution in [0.4, 0.5) is 23.7 Å². The van der Waals surface area contributed by atoms with Crippen molar-refractivity contribution >= 4 is 23.6 Å². The van der Waals surface area contributed by atoms with Gasteiger partial charge in [0.25, 0.3) is 0 Å². The van der Waals surface area contributed by atoms with Crippen LogP contribution in [0.5, 0.6) is 0 Å². The Balaban J connectivity index is 1.82. The zero-order valence-electron chi connectivity index (χ0n) is 20.4. The third-order valence-electron chi connectivity index (χ3n) is 5.49. The molecule has 2 N–H and O–H groups in total. The minimum atomic E-state index is -4.63. The summed E-state index contributed by atoms with van der Waals surface area (Å²) in [5, 5.41) is 5.11. The highest BCUT2D eigenvalue weighted by molar-refractivity contribution is 6.01. The molecule has 10 heteroatoms. The Bertz CT molecular complexity index is 1080. The van der Waals surface area contributed by atoms with Gasteiger partial charge in [-0.05, 0) is 50.8 Å². The molecule has 0 bridgehead atoms. The lowest BCUT2D eigenvalue weighted by Gasteiger charge is -2.28. The molecule has 2 atom stereocenters. The van der Waals surface area contributed by atoms with Gasteiger partial charge in [0.1, 0.15) is 24.2 Å². The Morgan fingerprint density at radius 1 is 1.06 bits per heavy atom. The van der Waals surface area contributed by atoms with Crippen LogP contribution in [0.25, 0.3) is 0 Å². The Kier molecular flexibility index (Phi) is 8.27. The van der Waals surface area contributed by atoms with Crippen LogP contribution in [0.3, 0.4) is 0 Å². The quantitative estimate of drug-likeness (QED) is 0.618. The standard InChI is InChI=1S/C26H30F3N3O4/c1-25(2,3)36-24(35)31-20(15-17-9-5-4-6-10-17)22(33)30-19-14-13-18-11-7-8-12-21(18)32(23(19)34)16-26(27,28)29/h4-12,19-20H,13-16H2,1-3H3,(H,30,33)(H,31,35). The molecule has 0 aromatic heterocycles. The minimum absolute atomic E-state index is 0.0965. The van der Waals surface area contributed by atoms with Gasteiger partial charge in [0.05, 0.1) is 0 Å². The summed E-state index contributed by atoms with van der Waals surface area (Å²) in [4.78, 5) is 39.6.